The van der Waals surface area contributed by atoms with Crippen LogP contribution in [-0.4, -0.2) is 0 Å². The van der Waals surface area contributed by atoms with Crippen molar-refractivity contribution in [3.05, 3.63) is 71.7 Å². The first kappa shape index (κ1) is 11.1. The number of rotatable bonds is 2. The van der Waals surface area contributed by atoms with Gasteiger partial charge in [0.1, 0.15) is 0 Å². The van der Waals surface area contributed by atoms with Gasteiger partial charge in [0.05, 0.1) is 18.6 Å². The predicted molar refractivity (Wildman–Crippen MR) is 73.4 cm³/mol. The van der Waals surface area contributed by atoms with Gasteiger partial charge in [-0.2, -0.15) is 0 Å². The van der Waals surface area contributed by atoms with Gasteiger partial charge in [0.15, 0.2) is 0 Å². The van der Waals surface area contributed by atoms with Gasteiger partial charge >= 0.3 is 0 Å². The smallest absolute Gasteiger partial charge is 0.0953 e. The van der Waals surface area contributed by atoms with Crippen molar-refractivity contribution in [2.24, 2.45) is 5.73 Å². The summed E-state index contributed by atoms with van der Waals surface area (Å²) in [5.74, 6) is 0. The van der Waals surface area contributed by atoms with Crippen molar-refractivity contribution in [1.29, 1.82) is 0 Å². The van der Waals surface area contributed by atoms with E-state index in [-0.39, 0.29) is 6.04 Å². The highest BCUT2D eigenvalue weighted by molar-refractivity contribution is 5.87. The van der Waals surface area contributed by atoms with E-state index in [1.54, 1.807) is 12.5 Å². The Labute approximate surface area is 106 Å². The van der Waals surface area contributed by atoms with E-state index in [1.807, 2.05) is 18.2 Å². The Morgan fingerprint density at radius 1 is 1.06 bits per heavy atom. The SMILES string of the molecule is Cc1ccc2ccccc2c1C(N)c1ccoc1. The normalized spacial score (nSPS) is 12.8. The summed E-state index contributed by atoms with van der Waals surface area (Å²) in [5, 5.41) is 2.43. The number of aryl methyl sites for hydroxylation is 1. The standard InChI is InChI=1S/C16H15NO/c1-11-6-7-12-4-2-3-5-14(12)15(11)16(17)13-8-9-18-10-13/h2-10,16H,17H2,1H3. The Balaban J connectivity index is 2.24. The monoisotopic (exact) mass is 237 g/mol. The van der Waals surface area contributed by atoms with E-state index in [2.05, 4.69) is 31.2 Å². The first-order chi connectivity index (χ1) is 8.77. The quantitative estimate of drug-likeness (QED) is 0.736. The van der Waals surface area contributed by atoms with Gasteiger partial charge in [-0.3, -0.25) is 0 Å². The second-order valence-electron chi connectivity index (χ2n) is 4.55. The van der Waals surface area contributed by atoms with E-state index in [9.17, 15) is 0 Å². The summed E-state index contributed by atoms with van der Waals surface area (Å²) < 4.78 is 5.13. The lowest BCUT2D eigenvalue weighted by Crippen LogP contribution is -2.13. The van der Waals surface area contributed by atoms with Crippen molar-refractivity contribution in [3.8, 4) is 0 Å². The molecule has 0 radical (unpaired) electrons. The summed E-state index contributed by atoms with van der Waals surface area (Å²) in [5.41, 5.74) is 9.76. The molecule has 90 valence electrons. The zero-order valence-electron chi connectivity index (χ0n) is 10.3. The van der Waals surface area contributed by atoms with Gasteiger partial charge in [0.25, 0.3) is 0 Å². The maximum atomic E-state index is 6.37. The van der Waals surface area contributed by atoms with Gasteiger partial charge < -0.3 is 10.2 Å². The van der Waals surface area contributed by atoms with Gasteiger partial charge in [-0.15, -0.1) is 0 Å². The molecule has 0 fully saturated rings. The lowest BCUT2D eigenvalue weighted by molar-refractivity contribution is 0.562. The molecule has 1 atom stereocenters. The average molecular weight is 237 g/mol. The van der Waals surface area contributed by atoms with Gasteiger partial charge in [-0.25, -0.2) is 0 Å². The highest BCUT2D eigenvalue weighted by atomic mass is 16.3. The molecule has 0 saturated carbocycles. The highest BCUT2D eigenvalue weighted by Crippen LogP contribution is 2.30. The molecule has 0 amide bonds. The molecule has 0 aliphatic carbocycles. The molecule has 0 aliphatic rings. The van der Waals surface area contributed by atoms with Crippen LogP contribution < -0.4 is 5.73 Å². The van der Waals surface area contributed by atoms with Crippen LogP contribution in [0.4, 0.5) is 0 Å². The summed E-state index contributed by atoms with van der Waals surface area (Å²) in [6.45, 7) is 2.10. The van der Waals surface area contributed by atoms with Crippen molar-refractivity contribution in [2.75, 3.05) is 0 Å². The van der Waals surface area contributed by atoms with Crippen molar-refractivity contribution in [2.45, 2.75) is 13.0 Å². The summed E-state index contributed by atoms with van der Waals surface area (Å²) in [6.07, 6.45) is 3.38. The van der Waals surface area contributed by atoms with Crippen LogP contribution in [0.3, 0.4) is 0 Å². The minimum absolute atomic E-state index is 0.144. The predicted octanol–water partition coefficient (Wildman–Crippen LogP) is 3.79. The maximum absolute atomic E-state index is 6.37. The van der Waals surface area contributed by atoms with Crippen LogP contribution in [0.2, 0.25) is 0 Å². The molecule has 2 N–H and O–H groups in total. The maximum Gasteiger partial charge on any atom is 0.0953 e. The Kier molecular flexibility index (Phi) is 2.65. The van der Waals surface area contributed by atoms with E-state index in [0.29, 0.717) is 0 Å². The first-order valence-electron chi connectivity index (χ1n) is 6.03. The van der Waals surface area contributed by atoms with Crippen molar-refractivity contribution in [3.63, 3.8) is 0 Å². The third-order valence-corrected chi connectivity index (χ3v) is 3.40. The Morgan fingerprint density at radius 3 is 2.67 bits per heavy atom. The van der Waals surface area contributed by atoms with Gasteiger partial charge in [-0.1, -0.05) is 36.4 Å². The zero-order chi connectivity index (χ0) is 12.5. The van der Waals surface area contributed by atoms with Crippen LogP contribution in [0.25, 0.3) is 10.8 Å². The molecule has 0 aliphatic heterocycles. The van der Waals surface area contributed by atoms with Crippen LogP contribution in [0, 0.1) is 6.92 Å². The molecule has 1 aromatic heterocycles. The Bertz CT molecular complexity index is 671. The number of hydrogen-bond acceptors (Lipinski definition) is 2. The minimum Gasteiger partial charge on any atom is -0.472 e. The number of hydrogen-bond donors (Lipinski definition) is 1. The van der Waals surface area contributed by atoms with Crippen LogP contribution >= 0.6 is 0 Å². The summed E-state index contributed by atoms with van der Waals surface area (Å²) in [4.78, 5) is 0. The lowest BCUT2D eigenvalue weighted by atomic mass is 9.92. The molecule has 2 nitrogen and oxygen atoms in total. The van der Waals surface area contributed by atoms with Gasteiger partial charge in [0.2, 0.25) is 0 Å². The molecule has 18 heavy (non-hydrogen) atoms. The second kappa shape index (κ2) is 4.31. The fraction of sp³-hybridized carbons (Fsp3) is 0.125. The molecule has 1 unspecified atom stereocenters. The Morgan fingerprint density at radius 2 is 1.89 bits per heavy atom. The van der Waals surface area contributed by atoms with E-state index in [1.165, 1.54) is 21.9 Å². The van der Waals surface area contributed by atoms with Crippen LogP contribution in [0.5, 0.6) is 0 Å². The van der Waals surface area contributed by atoms with Crippen LogP contribution in [-0.2, 0) is 0 Å². The Hall–Kier alpha value is -2.06. The molecule has 0 bridgehead atoms. The van der Waals surface area contributed by atoms with E-state index in [4.69, 9.17) is 10.2 Å². The molecule has 3 aromatic rings. The van der Waals surface area contributed by atoms with Gasteiger partial charge in [0, 0.05) is 5.56 Å². The molecule has 0 spiro atoms. The molecule has 2 aromatic carbocycles. The summed E-state index contributed by atoms with van der Waals surface area (Å²) >= 11 is 0. The van der Waals surface area contributed by atoms with E-state index < -0.39 is 0 Å². The average Bonchev–Trinajstić information content (AvgIpc) is 2.92. The zero-order valence-corrected chi connectivity index (χ0v) is 10.3. The molecular formula is C16H15NO. The van der Waals surface area contributed by atoms with Crippen molar-refractivity contribution in [1.82, 2.24) is 0 Å². The minimum atomic E-state index is -0.144. The van der Waals surface area contributed by atoms with E-state index >= 15 is 0 Å². The van der Waals surface area contributed by atoms with E-state index in [0.717, 1.165) is 5.56 Å². The third kappa shape index (κ3) is 1.71. The van der Waals surface area contributed by atoms with Crippen molar-refractivity contribution >= 4 is 10.8 Å². The number of benzene rings is 2. The molecule has 2 heteroatoms. The fourth-order valence-electron chi connectivity index (χ4n) is 2.44. The lowest BCUT2D eigenvalue weighted by Gasteiger charge is -2.16. The molecule has 1 heterocycles. The van der Waals surface area contributed by atoms with Crippen LogP contribution in [0.15, 0.2) is 59.4 Å². The largest absolute Gasteiger partial charge is 0.472 e. The molecule has 3 rings (SSSR count). The number of furan rings is 1. The topological polar surface area (TPSA) is 39.2 Å². The van der Waals surface area contributed by atoms with Crippen LogP contribution in [0.1, 0.15) is 22.7 Å². The first-order valence-corrected chi connectivity index (χ1v) is 6.03. The molecule has 0 saturated heterocycles. The van der Waals surface area contributed by atoms with Crippen molar-refractivity contribution < 1.29 is 4.42 Å². The summed E-state index contributed by atoms with van der Waals surface area (Å²) in [7, 11) is 0. The highest BCUT2D eigenvalue weighted by Gasteiger charge is 2.15. The number of nitrogens with two attached hydrogens (primary N) is 1. The molecular weight excluding hydrogens is 222 g/mol. The number of fused-ring (bicyclic) bond motifs is 1. The fourth-order valence-corrected chi connectivity index (χ4v) is 2.44. The summed E-state index contributed by atoms with van der Waals surface area (Å²) in [6, 6.07) is 14.4. The second-order valence-corrected chi connectivity index (χ2v) is 4.55. The van der Waals surface area contributed by atoms with Gasteiger partial charge in [-0.05, 0) is 34.9 Å². The third-order valence-electron chi connectivity index (χ3n) is 3.40.